The summed E-state index contributed by atoms with van der Waals surface area (Å²) < 4.78 is 6.81. The van der Waals surface area contributed by atoms with Crippen molar-refractivity contribution in [2.24, 2.45) is 5.92 Å². The SMILES string of the molecule is CCc1cc(-n2cc(Cl)cn2)cc(C)c1C1C(=O)CC(CC(=O)NCc2ccc(OC)cc2)C1=O. The fourth-order valence-electron chi connectivity index (χ4n) is 4.70. The minimum Gasteiger partial charge on any atom is -0.497 e. The van der Waals surface area contributed by atoms with Crippen molar-refractivity contribution < 1.29 is 19.1 Å². The molecule has 1 aromatic heterocycles. The number of hydrogen-bond acceptors (Lipinski definition) is 5. The van der Waals surface area contributed by atoms with Crippen LogP contribution < -0.4 is 10.1 Å². The number of rotatable bonds is 8. The molecule has 1 heterocycles. The molecule has 0 bridgehead atoms. The Kier molecular flexibility index (Phi) is 7.36. The highest BCUT2D eigenvalue weighted by Gasteiger charge is 2.44. The Labute approximate surface area is 209 Å². The molecule has 1 aliphatic rings. The van der Waals surface area contributed by atoms with Gasteiger partial charge in [0.2, 0.25) is 5.91 Å². The number of ether oxygens (including phenoxy) is 1. The van der Waals surface area contributed by atoms with Gasteiger partial charge in [-0.05, 0) is 59.9 Å². The van der Waals surface area contributed by atoms with Crippen LogP contribution in [-0.4, -0.2) is 34.4 Å². The third-order valence-electron chi connectivity index (χ3n) is 6.48. The van der Waals surface area contributed by atoms with E-state index in [1.807, 2.05) is 50.2 Å². The lowest BCUT2D eigenvalue weighted by atomic mass is 9.85. The summed E-state index contributed by atoms with van der Waals surface area (Å²) in [6.45, 7) is 4.24. The lowest BCUT2D eigenvalue weighted by molar-refractivity contribution is -0.128. The lowest BCUT2D eigenvalue weighted by Crippen LogP contribution is -2.27. The van der Waals surface area contributed by atoms with Crippen LogP contribution in [0, 0.1) is 12.8 Å². The third kappa shape index (κ3) is 5.30. The van der Waals surface area contributed by atoms with Gasteiger partial charge in [0, 0.05) is 31.5 Å². The standard InChI is InChI=1S/C27H28ClN3O4/c1-4-18-10-21(31-15-20(28)14-30-31)9-16(2)25(18)26-23(32)11-19(27(26)34)12-24(33)29-13-17-5-7-22(35-3)8-6-17/h5-10,14-15,19,26H,4,11-13H2,1-3H3,(H,29,33). The number of amides is 1. The largest absolute Gasteiger partial charge is 0.497 e. The summed E-state index contributed by atoms with van der Waals surface area (Å²) >= 11 is 6.01. The molecular weight excluding hydrogens is 466 g/mol. The number of nitrogens with one attached hydrogen (secondary N) is 1. The molecule has 182 valence electrons. The number of methoxy groups -OCH3 is 1. The zero-order valence-corrected chi connectivity index (χ0v) is 20.8. The second-order valence-electron chi connectivity index (χ2n) is 8.82. The van der Waals surface area contributed by atoms with E-state index in [4.69, 9.17) is 16.3 Å². The van der Waals surface area contributed by atoms with Crippen LogP contribution in [-0.2, 0) is 27.3 Å². The molecule has 2 aromatic carbocycles. The van der Waals surface area contributed by atoms with E-state index in [0.29, 0.717) is 18.0 Å². The molecule has 4 rings (SSSR count). The Morgan fingerprint density at radius 2 is 1.97 bits per heavy atom. The maximum Gasteiger partial charge on any atom is 0.221 e. The molecule has 1 aliphatic carbocycles. The highest BCUT2D eigenvalue weighted by Crippen LogP contribution is 2.38. The maximum atomic E-state index is 13.3. The van der Waals surface area contributed by atoms with Gasteiger partial charge in [-0.25, -0.2) is 4.68 Å². The van der Waals surface area contributed by atoms with Crippen LogP contribution in [0.4, 0.5) is 0 Å². The van der Waals surface area contributed by atoms with Gasteiger partial charge in [0.05, 0.1) is 24.0 Å². The first-order valence-corrected chi connectivity index (χ1v) is 12.0. The number of nitrogens with zero attached hydrogens (tertiary/aromatic N) is 2. The highest BCUT2D eigenvalue weighted by molar-refractivity contribution is 6.30. The number of ketones is 2. The summed E-state index contributed by atoms with van der Waals surface area (Å²) in [6.07, 6.45) is 4.01. The van der Waals surface area contributed by atoms with Gasteiger partial charge in [-0.2, -0.15) is 5.10 Å². The fourth-order valence-corrected chi connectivity index (χ4v) is 4.84. The van der Waals surface area contributed by atoms with Crippen molar-refractivity contribution in [1.82, 2.24) is 15.1 Å². The first-order valence-electron chi connectivity index (χ1n) is 11.6. The zero-order valence-electron chi connectivity index (χ0n) is 20.0. The Morgan fingerprint density at radius 1 is 1.23 bits per heavy atom. The van der Waals surface area contributed by atoms with Crippen LogP contribution in [0.2, 0.25) is 5.02 Å². The van der Waals surface area contributed by atoms with Crippen LogP contribution >= 0.6 is 11.6 Å². The number of aryl methyl sites for hydroxylation is 2. The molecular formula is C27H28ClN3O4. The summed E-state index contributed by atoms with van der Waals surface area (Å²) in [4.78, 5) is 38.9. The molecule has 0 saturated heterocycles. The van der Waals surface area contributed by atoms with E-state index in [1.165, 1.54) is 0 Å². The number of Topliss-reactive ketones (excluding diaryl/α,β-unsaturated/α-hetero) is 2. The second-order valence-corrected chi connectivity index (χ2v) is 9.26. The van der Waals surface area contributed by atoms with Crippen LogP contribution in [0.3, 0.4) is 0 Å². The number of halogens is 1. The molecule has 1 N–H and O–H groups in total. The number of carbonyl (C=O) groups is 3. The van der Waals surface area contributed by atoms with E-state index in [9.17, 15) is 14.4 Å². The first kappa shape index (κ1) is 24.7. The molecule has 0 aliphatic heterocycles. The van der Waals surface area contributed by atoms with E-state index in [1.54, 1.807) is 24.2 Å². The topological polar surface area (TPSA) is 90.3 Å². The minimum atomic E-state index is -0.834. The molecule has 1 amide bonds. The Morgan fingerprint density at radius 3 is 2.60 bits per heavy atom. The van der Waals surface area contributed by atoms with Gasteiger partial charge in [0.25, 0.3) is 0 Å². The van der Waals surface area contributed by atoms with Crippen LogP contribution in [0.15, 0.2) is 48.8 Å². The van der Waals surface area contributed by atoms with E-state index in [2.05, 4.69) is 10.4 Å². The predicted octanol–water partition coefficient (Wildman–Crippen LogP) is 4.35. The highest BCUT2D eigenvalue weighted by atomic mass is 35.5. The van der Waals surface area contributed by atoms with Crippen LogP contribution in [0.25, 0.3) is 5.69 Å². The van der Waals surface area contributed by atoms with Gasteiger partial charge in [0.15, 0.2) is 5.78 Å². The van der Waals surface area contributed by atoms with E-state index < -0.39 is 11.8 Å². The monoisotopic (exact) mass is 493 g/mol. The van der Waals surface area contributed by atoms with Gasteiger partial charge in [0.1, 0.15) is 17.5 Å². The van der Waals surface area contributed by atoms with Gasteiger partial charge in [-0.3, -0.25) is 14.4 Å². The van der Waals surface area contributed by atoms with Crippen molar-refractivity contribution in [3.8, 4) is 11.4 Å². The number of benzene rings is 2. The Bertz CT molecular complexity index is 1270. The van der Waals surface area contributed by atoms with Crippen molar-refractivity contribution >= 4 is 29.1 Å². The molecule has 3 aromatic rings. The quantitative estimate of drug-likeness (QED) is 0.471. The second kappa shape index (κ2) is 10.4. The van der Waals surface area contributed by atoms with Crippen molar-refractivity contribution in [3.63, 3.8) is 0 Å². The molecule has 7 nitrogen and oxygen atoms in total. The first-order chi connectivity index (χ1) is 16.8. The molecule has 1 saturated carbocycles. The molecule has 0 radical (unpaired) electrons. The Balaban J connectivity index is 1.47. The van der Waals surface area contributed by atoms with E-state index in [0.717, 1.165) is 33.7 Å². The summed E-state index contributed by atoms with van der Waals surface area (Å²) in [5.74, 6) is -1.26. The summed E-state index contributed by atoms with van der Waals surface area (Å²) in [5.41, 5.74) is 4.27. The number of aromatic nitrogens is 2. The molecule has 35 heavy (non-hydrogen) atoms. The number of hydrogen-bond donors (Lipinski definition) is 1. The van der Waals surface area contributed by atoms with Gasteiger partial charge >= 0.3 is 0 Å². The third-order valence-corrected chi connectivity index (χ3v) is 6.67. The normalized spacial score (nSPS) is 17.6. The van der Waals surface area contributed by atoms with Crippen molar-refractivity contribution in [3.05, 3.63) is 76.1 Å². The van der Waals surface area contributed by atoms with Gasteiger partial charge < -0.3 is 10.1 Å². The lowest BCUT2D eigenvalue weighted by Gasteiger charge is -2.18. The molecule has 0 spiro atoms. The fraction of sp³-hybridized carbons (Fsp3) is 0.333. The predicted molar refractivity (Wildman–Crippen MR) is 133 cm³/mol. The van der Waals surface area contributed by atoms with Crippen molar-refractivity contribution in [1.29, 1.82) is 0 Å². The van der Waals surface area contributed by atoms with Crippen molar-refractivity contribution in [2.45, 2.75) is 45.6 Å². The zero-order chi connectivity index (χ0) is 25.1. The number of carbonyl (C=O) groups excluding carboxylic acids is 3. The van der Waals surface area contributed by atoms with Crippen LogP contribution in [0.1, 0.15) is 47.9 Å². The average Bonchev–Trinajstić information content (AvgIpc) is 3.40. The molecule has 2 atom stereocenters. The van der Waals surface area contributed by atoms with E-state index in [-0.39, 0.29) is 30.3 Å². The van der Waals surface area contributed by atoms with Crippen molar-refractivity contribution in [2.75, 3.05) is 7.11 Å². The Hall–Kier alpha value is -3.45. The molecule has 1 fully saturated rings. The van der Waals surface area contributed by atoms with Crippen LogP contribution in [0.5, 0.6) is 5.75 Å². The van der Waals surface area contributed by atoms with Gasteiger partial charge in [-0.1, -0.05) is 30.7 Å². The summed E-state index contributed by atoms with van der Waals surface area (Å²) in [5, 5.41) is 7.63. The maximum absolute atomic E-state index is 13.3. The summed E-state index contributed by atoms with van der Waals surface area (Å²) in [7, 11) is 1.60. The molecule has 2 unspecified atom stereocenters. The average molecular weight is 494 g/mol. The van der Waals surface area contributed by atoms with E-state index >= 15 is 0 Å². The molecule has 8 heteroatoms. The smallest absolute Gasteiger partial charge is 0.221 e. The summed E-state index contributed by atoms with van der Waals surface area (Å²) in [6, 6.07) is 11.2. The van der Waals surface area contributed by atoms with Gasteiger partial charge in [-0.15, -0.1) is 0 Å². The minimum absolute atomic E-state index is 0.00159.